The number of nitrogens with one attached hydrogen (secondary N) is 1. The molecule has 0 spiro atoms. The number of carbonyl (C=O) groups is 3. The fraction of sp³-hybridized carbons (Fsp3) is 0.727. The predicted octanol–water partition coefficient (Wildman–Crippen LogP) is -0.173. The van der Waals surface area contributed by atoms with Crippen LogP contribution in [0.15, 0.2) is 0 Å². The smallest absolute Gasteiger partial charge is 0.323 e. The van der Waals surface area contributed by atoms with Gasteiger partial charge in [0.25, 0.3) is 0 Å². The van der Waals surface area contributed by atoms with Gasteiger partial charge < -0.3 is 20.2 Å². The number of likely N-dealkylation sites (N-methyl/N-ethyl adjacent to an activating group) is 2. The third-order valence-electron chi connectivity index (χ3n) is 2.17. The molecule has 0 aromatic rings. The summed E-state index contributed by atoms with van der Waals surface area (Å²) in [5.74, 6) is -1.22. The molecule has 0 saturated heterocycles. The largest absolute Gasteiger partial charge is 0.480 e. The Morgan fingerprint density at radius 3 is 2.17 bits per heavy atom. The second-order valence-electron chi connectivity index (χ2n) is 4.48. The summed E-state index contributed by atoms with van der Waals surface area (Å²) in [6, 6.07) is -0.463. The molecule has 7 nitrogen and oxygen atoms in total. The van der Waals surface area contributed by atoms with Gasteiger partial charge in [-0.2, -0.15) is 0 Å². The summed E-state index contributed by atoms with van der Waals surface area (Å²) in [6.45, 7) is 3.66. The van der Waals surface area contributed by atoms with Gasteiger partial charge in [0.1, 0.15) is 13.1 Å². The van der Waals surface area contributed by atoms with Crippen molar-refractivity contribution in [2.24, 2.45) is 5.92 Å². The second kappa shape index (κ2) is 7.52. The maximum atomic E-state index is 12.0. The molecular formula is C11H21N3O4. The van der Waals surface area contributed by atoms with Gasteiger partial charge in [0.05, 0.1) is 0 Å². The van der Waals surface area contributed by atoms with Crippen molar-refractivity contribution in [3.63, 3.8) is 0 Å². The molecule has 18 heavy (non-hydrogen) atoms. The van der Waals surface area contributed by atoms with Crippen LogP contribution >= 0.6 is 0 Å². The Morgan fingerprint density at radius 1 is 1.22 bits per heavy atom. The third kappa shape index (κ3) is 6.07. The fourth-order valence-corrected chi connectivity index (χ4v) is 1.42. The number of urea groups is 1. The normalized spacial score (nSPS) is 10.1. The van der Waals surface area contributed by atoms with Crippen molar-refractivity contribution in [2.75, 3.05) is 33.7 Å². The van der Waals surface area contributed by atoms with E-state index < -0.39 is 12.0 Å². The molecule has 0 saturated carbocycles. The zero-order valence-corrected chi connectivity index (χ0v) is 11.3. The lowest BCUT2D eigenvalue weighted by molar-refractivity contribution is -0.137. The first kappa shape index (κ1) is 16.2. The summed E-state index contributed by atoms with van der Waals surface area (Å²) in [5.41, 5.74) is 0. The van der Waals surface area contributed by atoms with E-state index in [1.807, 2.05) is 13.8 Å². The Balaban J connectivity index is 4.62. The van der Waals surface area contributed by atoms with Crippen LogP contribution in [-0.2, 0) is 9.59 Å². The standard InChI is InChI=1S/C11H21N3O4/c1-8(2)5-14(7-10(16)17)11(18)13(4)6-9(15)12-3/h8H,5-7H2,1-4H3,(H,12,15)(H,16,17). The van der Waals surface area contributed by atoms with Crippen LogP contribution in [-0.4, -0.2) is 66.5 Å². The van der Waals surface area contributed by atoms with Crippen molar-refractivity contribution in [1.82, 2.24) is 15.1 Å². The van der Waals surface area contributed by atoms with Crippen molar-refractivity contribution in [2.45, 2.75) is 13.8 Å². The number of carbonyl (C=O) groups excluding carboxylic acids is 2. The summed E-state index contributed by atoms with van der Waals surface area (Å²) in [6.07, 6.45) is 0. The molecule has 0 rings (SSSR count). The molecule has 0 aliphatic carbocycles. The van der Waals surface area contributed by atoms with E-state index in [1.165, 1.54) is 23.9 Å². The minimum Gasteiger partial charge on any atom is -0.480 e. The topological polar surface area (TPSA) is 90.0 Å². The molecular weight excluding hydrogens is 238 g/mol. The predicted molar refractivity (Wildman–Crippen MR) is 66.1 cm³/mol. The maximum absolute atomic E-state index is 12.0. The summed E-state index contributed by atoms with van der Waals surface area (Å²) in [7, 11) is 2.94. The molecule has 0 unspecified atom stereocenters. The van der Waals surface area contributed by atoms with Gasteiger partial charge in [-0.15, -0.1) is 0 Å². The zero-order valence-electron chi connectivity index (χ0n) is 11.3. The lowest BCUT2D eigenvalue weighted by Gasteiger charge is -2.27. The Labute approximate surface area is 107 Å². The fourth-order valence-electron chi connectivity index (χ4n) is 1.42. The first-order valence-corrected chi connectivity index (χ1v) is 5.70. The quantitative estimate of drug-likeness (QED) is 0.693. The van der Waals surface area contributed by atoms with Crippen LogP contribution < -0.4 is 5.32 Å². The van der Waals surface area contributed by atoms with Crippen LogP contribution in [0.3, 0.4) is 0 Å². The minimum atomic E-state index is -1.07. The van der Waals surface area contributed by atoms with Gasteiger partial charge in [0, 0.05) is 20.6 Å². The molecule has 0 radical (unpaired) electrons. The van der Waals surface area contributed by atoms with Gasteiger partial charge in [-0.25, -0.2) is 4.79 Å². The van der Waals surface area contributed by atoms with Crippen molar-refractivity contribution >= 4 is 17.9 Å². The van der Waals surface area contributed by atoms with Gasteiger partial charge in [0.2, 0.25) is 5.91 Å². The van der Waals surface area contributed by atoms with E-state index in [0.29, 0.717) is 6.54 Å². The van der Waals surface area contributed by atoms with E-state index in [9.17, 15) is 14.4 Å². The average Bonchev–Trinajstić information content (AvgIpc) is 2.25. The Morgan fingerprint density at radius 2 is 1.78 bits per heavy atom. The Kier molecular flexibility index (Phi) is 6.77. The molecule has 0 bridgehead atoms. The van der Waals surface area contributed by atoms with Crippen LogP contribution in [0.5, 0.6) is 0 Å². The SMILES string of the molecule is CNC(=O)CN(C)C(=O)N(CC(=O)O)CC(C)C. The molecule has 0 heterocycles. The molecule has 7 heteroatoms. The highest BCUT2D eigenvalue weighted by Crippen LogP contribution is 2.03. The Bertz CT molecular complexity index is 317. The Hall–Kier alpha value is -1.79. The van der Waals surface area contributed by atoms with E-state index in [0.717, 1.165) is 0 Å². The van der Waals surface area contributed by atoms with Gasteiger partial charge >= 0.3 is 12.0 Å². The highest BCUT2D eigenvalue weighted by Gasteiger charge is 2.22. The summed E-state index contributed by atoms with van der Waals surface area (Å²) in [4.78, 5) is 36.2. The number of carboxylic acids is 1. The van der Waals surface area contributed by atoms with Crippen molar-refractivity contribution in [3.8, 4) is 0 Å². The van der Waals surface area contributed by atoms with Crippen molar-refractivity contribution in [3.05, 3.63) is 0 Å². The molecule has 104 valence electrons. The van der Waals surface area contributed by atoms with Crippen LogP contribution in [0.1, 0.15) is 13.8 Å². The van der Waals surface area contributed by atoms with Crippen LogP contribution in [0, 0.1) is 5.92 Å². The summed E-state index contributed by atoms with van der Waals surface area (Å²) >= 11 is 0. The van der Waals surface area contributed by atoms with Crippen LogP contribution in [0.25, 0.3) is 0 Å². The van der Waals surface area contributed by atoms with E-state index in [-0.39, 0.29) is 24.9 Å². The van der Waals surface area contributed by atoms with E-state index >= 15 is 0 Å². The van der Waals surface area contributed by atoms with Crippen LogP contribution in [0.2, 0.25) is 0 Å². The third-order valence-corrected chi connectivity index (χ3v) is 2.17. The van der Waals surface area contributed by atoms with Crippen molar-refractivity contribution in [1.29, 1.82) is 0 Å². The van der Waals surface area contributed by atoms with Crippen molar-refractivity contribution < 1.29 is 19.5 Å². The number of hydrogen-bond acceptors (Lipinski definition) is 3. The van der Waals surface area contributed by atoms with E-state index in [4.69, 9.17) is 5.11 Å². The highest BCUT2D eigenvalue weighted by molar-refractivity contribution is 5.85. The number of aliphatic carboxylic acids is 1. The second-order valence-corrected chi connectivity index (χ2v) is 4.48. The molecule has 3 amide bonds. The number of rotatable bonds is 6. The summed E-state index contributed by atoms with van der Waals surface area (Å²) < 4.78 is 0. The molecule has 2 N–H and O–H groups in total. The van der Waals surface area contributed by atoms with Crippen LogP contribution in [0.4, 0.5) is 4.79 Å². The first-order chi connectivity index (χ1) is 8.27. The molecule has 0 aromatic carbocycles. The first-order valence-electron chi connectivity index (χ1n) is 5.70. The lowest BCUT2D eigenvalue weighted by atomic mass is 10.2. The molecule has 0 atom stereocenters. The molecule has 0 fully saturated rings. The zero-order chi connectivity index (χ0) is 14.3. The lowest BCUT2D eigenvalue weighted by Crippen LogP contribution is -2.47. The number of amides is 3. The van der Waals surface area contributed by atoms with Gasteiger partial charge in [-0.1, -0.05) is 13.8 Å². The molecule has 0 aliphatic rings. The minimum absolute atomic E-state index is 0.0937. The number of hydrogen-bond donors (Lipinski definition) is 2. The maximum Gasteiger partial charge on any atom is 0.323 e. The number of carboxylic acid groups (broad SMARTS) is 1. The van der Waals surface area contributed by atoms with E-state index in [2.05, 4.69) is 5.32 Å². The number of nitrogens with zero attached hydrogens (tertiary/aromatic N) is 2. The highest BCUT2D eigenvalue weighted by atomic mass is 16.4. The average molecular weight is 259 g/mol. The van der Waals surface area contributed by atoms with Gasteiger partial charge in [-0.3, -0.25) is 9.59 Å². The van der Waals surface area contributed by atoms with Gasteiger partial charge in [0.15, 0.2) is 0 Å². The monoisotopic (exact) mass is 259 g/mol. The molecule has 0 aliphatic heterocycles. The van der Waals surface area contributed by atoms with E-state index in [1.54, 1.807) is 0 Å². The van der Waals surface area contributed by atoms with Gasteiger partial charge in [-0.05, 0) is 5.92 Å². The molecule has 0 aromatic heterocycles. The summed E-state index contributed by atoms with van der Waals surface area (Å²) in [5, 5.41) is 11.2.